The van der Waals surface area contributed by atoms with Crippen molar-refractivity contribution in [3.63, 3.8) is 0 Å². The molecule has 3 saturated heterocycles. The minimum Gasteiger partial charge on any atom is -0.320 e. The summed E-state index contributed by atoms with van der Waals surface area (Å²) in [6, 6.07) is 22.2. The number of nitrogens with zero attached hydrogens (tertiary/aromatic N) is 1. The quantitative estimate of drug-likeness (QED) is 0.504. The molecule has 0 atom stereocenters. The van der Waals surface area contributed by atoms with E-state index in [1.165, 1.54) is 80.3 Å². The zero-order valence-corrected chi connectivity index (χ0v) is 17.3. The SMILES string of the molecule is CC(C)(CCCC12CC[N+](Cc3ccccc3)(CC1)CC2)c1ccccc1. The molecule has 3 fully saturated rings. The molecular formula is C26H36N+. The van der Waals surface area contributed by atoms with Crippen LogP contribution in [0, 0.1) is 5.41 Å². The molecule has 5 rings (SSSR count). The van der Waals surface area contributed by atoms with E-state index >= 15 is 0 Å². The van der Waals surface area contributed by atoms with Gasteiger partial charge in [-0.15, -0.1) is 0 Å². The fourth-order valence-electron chi connectivity index (χ4n) is 5.66. The molecule has 2 aromatic carbocycles. The molecule has 3 aliphatic rings. The Morgan fingerprint density at radius 1 is 0.815 bits per heavy atom. The molecule has 0 aliphatic carbocycles. The number of hydrogen-bond acceptors (Lipinski definition) is 0. The van der Waals surface area contributed by atoms with Gasteiger partial charge in [0.25, 0.3) is 0 Å². The molecule has 27 heavy (non-hydrogen) atoms. The number of hydrogen-bond donors (Lipinski definition) is 0. The second-order valence-electron chi connectivity index (χ2n) is 10.0. The molecule has 2 bridgehead atoms. The fourth-order valence-corrected chi connectivity index (χ4v) is 5.66. The van der Waals surface area contributed by atoms with Crippen LogP contribution in [0.2, 0.25) is 0 Å². The van der Waals surface area contributed by atoms with Crippen molar-refractivity contribution >= 4 is 0 Å². The first-order valence-electron chi connectivity index (χ1n) is 11.0. The van der Waals surface area contributed by atoms with Gasteiger partial charge >= 0.3 is 0 Å². The highest BCUT2D eigenvalue weighted by molar-refractivity contribution is 5.23. The lowest BCUT2D eigenvalue weighted by atomic mass is 9.66. The average Bonchev–Trinajstić information content (AvgIpc) is 2.71. The molecule has 3 heterocycles. The van der Waals surface area contributed by atoms with Crippen LogP contribution in [0.25, 0.3) is 0 Å². The smallest absolute Gasteiger partial charge is 0.104 e. The third-order valence-corrected chi connectivity index (χ3v) is 7.77. The largest absolute Gasteiger partial charge is 0.320 e. The van der Waals surface area contributed by atoms with Crippen molar-refractivity contribution in [2.24, 2.45) is 5.41 Å². The Hall–Kier alpha value is -1.60. The highest BCUT2D eigenvalue weighted by atomic mass is 15.4. The van der Waals surface area contributed by atoms with Crippen molar-refractivity contribution in [3.05, 3.63) is 71.8 Å². The van der Waals surface area contributed by atoms with Gasteiger partial charge in [0.15, 0.2) is 0 Å². The van der Waals surface area contributed by atoms with Gasteiger partial charge in [0, 0.05) is 24.8 Å². The number of quaternary nitrogens is 1. The van der Waals surface area contributed by atoms with Gasteiger partial charge in [0.1, 0.15) is 6.54 Å². The van der Waals surface area contributed by atoms with Crippen LogP contribution in [0.1, 0.15) is 63.5 Å². The van der Waals surface area contributed by atoms with Gasteiger partial charge in [-0.3, -0.25) is 0 Å². The van der Waals surface area contributed by atoms with Crippen LogP contribution in [0.3, 0.4) is 0 Å². The molecule has 3 aliphatic heterocycles. The predicted molar refractivity (Wildman–Crippen MR) is 115 cm³/mol. The lowest BCUT2D eigenvalue weighted by Crippen LogP contribution is -2.61. The Kier molecular flexibility index (Phi) is 5.16. The van der Waals surface area contributed by atoms with Gasteiger partial charge in [0.2, 0.25) is 0 Å². The van der Waals surface area contributed by atoms with Crippen molar-refractivity contribution in [2.75, 3.05) is 19.6 Å². The second kappa shape index (κ2) is 7.43. The summed E-state index contributed by atoms with van der Waals surface area (Å²) in [5, 5.41) is 0. The molecule has 0 radical (unpaired) electrons. The van der Waals surface area contributed by atoms with Crippen LogP contribution in [0.15, 0.2) is 60.7 Å². The maximum Gasteiger partial charge on any atom is 0.104 e. The Labute approximate surface area is 166 Å². The highest BCUT2D eigenvalue weighted by Crippen LogP contribution is 2.48. The Balaban J connectivity index is 1.31. The van der Waals surface area contributed by atoms with Gasteiger partial charge in [-0.2, -0.15) is 0 Å². The first kappa shape index (κ1) is 18.7. The number of fused-ring (bicyclic) bond motifs is 3. The zero-order valence-electron chi connectivity index (χ0n) is 17.3. The maximum absolute atomic E-state index is 2.42. The molecule has 0 aromatic heterocycles. The van der Waals surface area contributed by atoms with Gasteiger partial charge in [-0.1, -0.05) is 80.9 Å². The van der Waals surface area contributed by atoms with E-state index < -0.39 is 0 Å². The van der Waals surface area contributed by atoms with Crippen molar-refractivity contribution in [2.45, 2.75) is 64.3 Å². The van der Waals surface area contributed by atoms with E-state index in [0.29, 0.717) is 10.8 Å². The van der Waals surface area contributed by atoms with Crippen LogP contribution in [-0.4, -0.2) is 24.1 Å². The van der Waals surface area contributed by atoms with Crippen LogP contribution in [-0.2, 0) is 12.0 Å². The molecule has 0 unspecified atom stereocenters. The predicted octanol–water partition coefficient (Wildman–Crippen LogP) is 6.34. The van der Waals surface area contributed by atoms with E-state index in [0.717, 1.165) is 0 Å². The van der Waals surface area contributed by atoms with E-state index in [-0.39, 0.29) is 0 Å². The van der Waals surface area contributed by atoms with Crippen molar-refractivity contribution < 1.29 is 4.48 Å². The van der Waals surface area contributed by atoms with Crippen molar-refractivity contribution in [3.8, 4) is 0 Å². The monoisotopic (exact) mass is 362 g/mol. The van der Waals surface area contributed by atoms with Gasteiger partial charge in [-0.05, 0) is 29.2 Å². The van der Waals surface area contributed by atoms with Crippen LogP contribution in [0.5, 0.6) is 0 Å². The van der Waals surface area contributed by atoms with Crippen LogP contribution >= 0.6 is 0 Å². The molecule has 0 N–H and O–H groups in total. The lowest BCUT2D eigenvalue weighted by molar-refractivity contribution is -0.957. The minimum atomic E-state index is 0.300. The first-order valence-corrected chi connectivity index (χ1v) is 11.0. The summed E-state index contributed by atoms with van der Waals surface area (Å²) in [5.74, 6) is 0. The summed E-state index contributed by atoms with van der Waals surface area (Å²) in [6.45, 7) is 10.3. The summed E-state index contributed by atoms with van der Waals surface area (Å²) >= 11 is 0. The van der Waals surface area contributed by atoms with E-state index in [9.17, 15) is 0 Å². The summed E-state index contributed by atoms with van der Waals surface area (Å²) < 4.78 is 1.35. The molecular weight excluding hydrogens is 326 g/mol. The average molecular weight is 363 g/mol. The molecule has 144 valence electrons. The molecule has 0 spiro atoms. The number of benzene rings is 2. The Morgan fingerprint density at radius 2 is 1.37 bits per heavy atom. The summed E-state index contributed by atoms with van der Waals surface area (Å²) in [7, 11) is 0. The summed E-state index contributed by atoms with van der Waals surface area (Å²) in [4.78, 5) is 0. The van der Waals surface area contributed by atoms with E-state index in [1.54, 1.807) is 0 Å². The topological polar surface area (TPSA) is 0 Å². The van der Waals surface area contributed by atoms with Crippen LogP contribution < -0.4 is 0 Å². The lowest BCUT2D eigenvalue weighted by Gasteiger charge is -2.55. The third-order valence-electron chi connectivity index (χ3n) is 7.77. The van der Waals surface area contributed by atoms with Gasteiger partial charge < -0.3 is 4.48 Å². The second-order valence-corrected chi connectivity index (χ2v) is 10.0. The molecule has 1 heteroatoms. The van der Waals surface area contributed by atoms with Crippen LogP contribution in [0.4, 0.5) is 0 Å². The minimum absolute atomic E-state index is 0.300. The van der Waals surface area contributed by atoms with Gasteiger partial charge in [0.05, 0.1) is 19.6 Å². The normalized spacial score (nSPS) is 27.6. The Morgan fingerprint density at radius 3 is 1.96 bits per heavy atom. The standard InChI is InChI=1S/C26H36N/c1-25(2,24-12-7-4-8-13-24)14-9-15-26-16-19-27(20-17-26,21-18-26)22-23-10-5-3-6-11-23/h3-8,10-13H,9,14-22H2,1-2H3/q+1. The summed E-state index contributed by atoms with van der Waals surface area (Å²) in [5.41, 5.74) is 3.97. The zero-order chi connectivity index (χ0) is 18.8. The highest BCUT2D eigenvalue weighted by Gasteiger charge is 2.48. The first-order chi connectivity index (χ1) is 13.0. The molecule has 2 aromatic rings. The number of rotatable bonds is 7. The molecule has 0 amide bonds. The Bertz CT molecular complexity index is 707. The third kappa shape index (κ3) is 4.14. The van der Waals surface area contributed by atoms with E-state index in [1.807, 2.05) is 0 Å². The van der Waals surface area contributed by atoms with Crippen molar-refractivity contribution in [1.82, 2.24) is 0 Å². The fraction of sp³-hybridized carbons (Fsp3) is 0.538. The van der Waals surface area contributed by atoms with E-state index in [4.69, 9.17) is 0 Å². The molecule has 0 saturated carbocycles. The maximum atomic E-state index is 2.42. The number of piperidine rings is 3. The van der Waals surface area contributed by atoms with Gasteiger partial charge in [-0.25, -0.2) is 0 Å². The van der Waals surface area contributed by atoms with E-state index in [2.05, 4.69) is 74.5 Å². The summed E-state index contributed by atoms with van der Waals surface area (Å²) in [6.07, 6.45) is 8.47. The molecule has 1 nitrogen and oxygen atoms in total. The van der Waals surface area contributed by atoms with Crippen molar-refractivity contribution in [1.29, 1.82) is 0 Å².